The van der Waals surface area contributed by atoms with Crippen molar-refractivity contribution in [2.45, 2.75) is 72.8 Å². The van der Waals surface area contributed by atoms with Crippen molar-refractivity contribution in [3.8, 4) is 0 Å². The Labute approximate surface area is 157 Å². The fourth-order valence-electron chi connectivity index (χ4n) is 2.37. The van der Waals surface area contributed by atoms with Crippen LogP contribution in [0.15, 0.2) is 0 Å². The fourth-order valence-corrected chi connectivity index (χ4v) is 2.37. The molecule has 0 radical (unpaired) electrons. The first-order valence-corrected chi connectivity index (χ1v) is 9.66. The first-order chi connectivity index (χ1) is 12.2. The summed E-state index contributed by atoms with van der Waals surface area (Å²) in [5, 5.41) is 17.4. The molecule has 0 aromatic heterocycles. The topological polar surface area (TPSA) is 108 Å². The van der Waals surface area contributed by atoms with E-state index in [2.05, 4.69) is 16.0 Å². The number of unbranched alkanes of at least 4 members (excludes halogenated alkanes) is 1. The Balaban J connectivity index is 4.38. The van der Waals surface area contributed by atoms with Gasteiger partial charge in [-0.3, -0.25) is 14.4 Å². The van der Waals surface area contributed by atoms with Crippen LogP contribution in [0.5, 0.6) is 0 Å². The number of rotatable bonds is 13. The number of carbonyl (C=O) groups is 3. The zero-order chi connectivity index (χ0) is 20.2. The summed E-state index contributed by atoms with van der Waals surface area (Å²) < 4.78 is 0. The lowest BCUT2D eigenvalue weighted by molar-refractivity contribution is -0.131. The molecule has 7 nitrogen and oxygen atoms in total. The third-order valence-electron chi connectivity index (χ3n) is 4.60. The third kappa shape index (κ3) is 9.17. The second-order valence-corrected chi connectivity index (χ2v) is 7.37. The summed E-state index contributed by atoms with van der Waals surface area (Å²) >= 11 is 0. The molecule has 0 aliphatic carbocycles. The van der Waals surface area contributed by atoms with Crippen LogP contribution in [0.1, 0.15) is 66.7 Å². The summed E-state index contributed by atoms with van der Waals surface area (Å²) in [4.78, 5) is 36.3. The highest BCUT2D eigenvalue weighted by Gasteiger charge is 2.26. The summed E-state index contributed by atoms with van der Waals surface area (Å²) in [5.41, 5.74) is -0.595. The van der Waals surface area contributed by atoms with Crippen LogP contribution in [0.4, 0.5) is 0 Å². The summed E-state index contributed by atoms with van der Waals surface area (Å²) in [5.74, 6) is -0.489. The molecule has 0 aliphatic rings. The van der Waals surface area contributed by atoms with Crippen LogP contribution < -0.4 is 16.0 Å². The lowest BCUT2D eigenvalue weighted by Crippen LogP contribution is -2.48. The van der Waals surface area contributed by atoms with Gasteiger partial charge in [-0.1, -0.05) is 27.7 Å². The van der Waals surface area contributed by atoms with E-state index in [1.807, 2.05) is 20.8 Å². The van der Waals surface area contributed by atoms with Crippen LogP contribution in [0.3, 0.4) is 0 Å². The van der Waals surface area contributed by atoms with Gasteiger partial charge in [0, 0.05) is 31.0 Å². The molecule has 152 valence electrons. The molecule has 0 spiro atoms. The highest BCUT2D eigenvalue weighted by Crippen LogP contribution is 2.19. The largest absolute Gasteiger partial charge is 0.396 e. The lowest BCUT2D eigenvalue weighted by Gasteiger charge is -2.23. The molecule has 1 unspecified atom stereocenters. The third-order valence-corrected chi connectivity index (χ3v) is 4.60. The Bertz CT molecular complexity index is 452. The number of aliphatic hydroxyl groups excluding tert-OH is 1. The monoisotopic (exact) mass is 371 g/mol. The normalized spacial score (nSPS) is 13.6. The van der Waals surface area contributed by atoms with Gasteiger partial charge in [0.15, 0.2) is 0 Å². The van der Waals surface area contributed by atoms with Crippen LogP contribution in [0.25, 0.3) is 0 Å². The molecule has 3 amide bonds. The Morgan fingerprint density at radius 3 is 2.23 bits per heavy atom. The maximum Gasteiger partial charge on any atom is 0.242 e. The summed E-state index contributed by atoms with van der Waals surface area (Å²) in [6.45, 7) is 10.2. The van der Waals surface area contributed by atoms with Crippen molar-refractivity contribution in [2.24, 2.45) is 11.3 Å². The molecule has 0 aromatic rings. The van der Waals surface area contributed by atoms with Gasteiger partial charge in [-0.05, 0) is 39.0 Å². The van der Waals surface area contributed by atoms with E-state index < -0.39 is 11.5 Å². The molecule has 4 N–H and O–H groups in total. The van der Waals surface area contributed by atoms with Gasteiger partial charge in [-0.2, -0.15) is 0 Å². The Kier molecular flexibility index (Phi) is 11.9. The van der Waals surface area contributed by atoms with Crippen LogP contribution in [0.2, 0.25) is 0 Å². The number of likely N-dealkylation sites (N-methyl/N-ethyl adjacent to an activating group) is 1. The van der Waals surface area contributed by atoms with Crippen LogP contribution in [-0.4, -0.2) is 48.6 Å². The molecule has 2 atom stereocenters. The molecular formula is C19H37N3O4. The zero-order valence-electron chi connectivity index (χ0n) is 17.0. The number of carbonyl (C=O) groups excluding carboxylic acids is 3. The quantitative estimate of drug-likeness (QED) is 0.367. The van der Waals surface area contributed by atoms with Crippen LogP contribution in [-0.2, 0) is 14.4 Å². The van der Waals surface area contributed by atoms with Gasteiger partial charge in [0.25, 0.3) is 0 Å². The van der Waals surface area contributed by atoms with Crippen molar-refractivity contribution in [1.82, 2.24) is 16.0 Å². The van der Waals surface area contributed by atoms with Gasteiger partial charge in [0.2, 0.25) is 17.7 Å². The van der Waals surface area contributed by atoms with Crippen molar-refractivity contribution in [3.63, 3.8) is 0 Å². The van der Waals surface area contributed by atoms with Crippen LogP contribution >= 0.6 is 0 Å². The van der Waals surface area contributed by atoms with E-state index in [-0.39, 0.29) is 30.2 Å². The average Bonchev–Trinajstić information content (AvgIpc) is 2.59. The zero-order valence-corrected chi connectivity index (χ0v) is 17.0. The number of hydrogen-bond acceptors (Lipinski definition) is 4. The molecule has 0 bridgehead atoms. The van der Waals surface area contributed by atoms with E-state index in [1.54, 1.807) is 13.8 Å². The fraction of sp³-hybridized carbons (Fsp3) is 0.842. The highest BCUT2D eigenvalue weighted by atomic mass is 16.3. The minimum absolute atomic E-state index is 0.0233. The van der Waals surface area contributed by atoms with E-state index in [9.17, 15) is 14.4 Å². The Morgan fingerprint density at radius 2 is 1.69 bits per heavy atom. The van der Waals surface area contributed by atoms with Gasteiger partial charge in [-0.15, -0.1) is 0 Å². The van der Waals surface area contributed by atoms with Crippen molar-refractivity contribution < 1.29 is 19.5 Å². The van der Waals surface area contributed by atoms with E-state index >= 15 is 0 Å². The van der Waals surface area contributed by atoms with E-state index in [0.717, 1.165) is 12.8 Å². The smallest absolute Gasteiger partial charge is 0.242 e. The predicted molar refractivity (Wildman–Crippen MR) is 102 cm³/mol. The minimum Gasteiger partial charge on any atom is -0.396 e. The SMILES string of the molecule is CCNC(=O)[C@H](CCCCNC(=O)C(C)(C)CCO)NC(=O)C(C)CC. The minimum atomic E-state index is -0.595. The second-order valence-electron chi connectivity index (χ2n) is 7.37. The van der Waals surface area contributed by atoms with Crippen molar-refractivity contribution >= 4 is 17.7 Å². The van der Waals surface area contributed by atoms with Gasteiger partial charge >= 0.3 is 0 Å². The first-order valence-electron chi connectivity index (χ1n) is 9.66. The van der Waals surface area contributed by atoms with Gasteiger partial charge < -0.3 is 21.1 Å². The standard InChI is InChI=1S/C19H37N3O4/c1-6-14(3)16(24)22-15(17(25)20-7-2)10-8-9-12-21-18(26)19(4,5)11-13-23/h14-15,23H,6-13H2,1-5H3,(H,20,25)(H,21,26)(H,22,24)/t14?,15-/m0/s1. The van der Waals surface area contributed by atoms with Crippen LogP contribution in [0, 0.1) is 11.3 Å². The molecule has 0 aliphatic heterocycles. The number of hydrogen-bond donors (Lipinski definition) is 4. The number of amides is 3. The molecule has 0 fully saturated rings. The molecule has 0 rings (SSSR count). The van der Waals surface area contributed by atoms with Gasteiger partial charge in [0.05, 0.1) is 0 Å². The molecule has 7 heteroatoms. The predicted octanol–water partition coefficient (Wildman–Crippen LogP) is 1.35. The molecule has 0 heterocycles. The summed E-state index contributed by atoms with van der Waals surface area (Å²) in [7, 11) is 0. The molecule has 0 saturated carbocycles. The van der Waals surface area contributed by atoms with Crippen molar-refractivity contribution in [2.75, 3.05) is 19.7 Å². The first kappa shape index (κ1) is 24.4. The molecule has 0 aromatic carbocycles. The summed E-state index contributed by atoms with van der Waals surface area (Å²) in [6, 6.07) is -0.544. The van der Waals surface area contributed by atoms with E-state index in [1.165, 1.54) is 0 Å². The molecule has 0 saturated heterocycles. The molecular weight excluding hydrogens is 334 g/mol. The number of nitrogens with one attached hydrogen (secondary N) is 3. The van der Waals surface area contributed by atoms with Crippen molar-refractivity contribution in [1.29, 1.82) is 0 Å². The Morgan fingerprint density at radius 1 is 1.04 bits per heavy atom. The maximum absolute atomic E-state index is 12.1. The van der Waals surface area contributed by atoms with Gasteiger partial charge in [-0.25, -0.2) is 0 Å². The number of aliphatic hydroxyl groups is 1. The average molecular weight is 372 g/mol. The lowest BCUT2D eigenvalue weighted by atomic mass is 9.88. The Hall–Kier alpha value is -1.63. The van der Waals surface area contributed by atoms with E-state index in [0.29, 0.717) is 32.4 Å². The highest BCUT2D eigenvalue weighted by molar-refractivity contribution is 5.88. The second kappa shape index (κ2) is 12.7. The van der Waals surface area contributed by atoms with Crippen molar-refractivity contribution in [3.05, 3.63) is 0 Å². The molecule has 26 heavy (non-hydrogen) atoms. The maximum atomic E-state index is 12.1. The summed E-state index contributed by atoms with van der Waals surface area (Å²) in [6.07, 6.45) is 3.10. The van der Waals surface area contributed by atoms with E-state index in [4.69, 9.17) is 5.11 Å². The van der Waals surface area contributed by atoms with Gasteiger partial charge in [0.1, 0.15) is 6.04 Å².